The lowest BCUT2D eigenvalue weighted by molar-refractivity contribution is 0.736. The van der Waals surface area contributed by atoms with Crippen molar-refractivity contribution in [3.63, 3.8) is 0 Å². The van der Waals surface area contributed by atoms with E-state index in [0.717, 1.165) is 12.6 Å². The Labute approximate surface area is 109 Å². The van der Waals surface area contributed by atoms with E-state index >= 15 is 0 Å². The fourth-order valence-electron chi connectivity index (χ4n) is 2.23. The molecule has 2 aromatic carbocycles. The molecule has 0 spiro atoms. The van der Waals surface area contributed by atoms with Crippen LogP contribution in [-0.4, -0.2) is 12.6 Å². The lowest BCUT2D eigenvalue weighted by Crippen LogP contribution is -2.18. The van der Waals surface area contributed by atoms with Gasteiger partial charge in [0.1, 0.15) is 0 Å². The highest BCUT2D eigenvalue weighted by molar-refractivity contribution is 5.84. The van der Waals surface area contributed by atoms with Crippen LogP contribution in [0, 0.1) is 0 Å². The van der Waals surface area contributed by atoms with Crippen molar-refractivity contribution in [2.24, 2.45) is 0 Å². The summed E-state index contributed by atoms with van der Waals surface area (Å²) in [5.41, 5.74) is 2.70. The van der Waals surface area contributed by atoms with Gasteiger partial charge >= 0.3 is 0 Å². The molecular formula is C17H19N. The van der Waals surface area contributed by atoms with Gasteiger partial charge in [-0.25, -0.2) is 0 Å². The minimum Gasteiger partial charge on any atom is -0.310 e. The lowest BCUT2D eigenvalue weighted by atomic mass is 10.1. The fraction of sp³-hybridized carbons (Fsp3) is 0.294. The maximum absolute atomic E-state index is 3.55. The molecule has 1 heteroatoms. The summed E-state index contributed by atoms with van der Waals surface area (Å²) in [4.78, 5) is 0. The van der Waals surface area contributed by atoms with Crippen LogP contribution in [-0.2, 0) is 0 Å². The minimum atomic E-state index is 0.782. The molecular weight excluding hydrogens is 218 g/mol. The highest BCUT2D eigenvalue weighted by Gasteiger charge is 2.19. The van der Waals surface area contributed by atoms with Crippen molar-refractivity contribution in [1.82, 2.24) is 5.32 Å². The van der Waals surface area contributed by atoms with E-state index in [1.807, 2.05) is 0 Å². The van der Waals surface area contributed by atoms with Crippen molar-refractivity contribution in [2.45, 2.75) is 25.8 Å². The van der Waals surface area contributed by atoms with E-state index in [-0.39, 0.29) is 0 Å². The first kappa shape index (κ1) is 11.5. The van der Waals surface area contributed by atoms with Crippen molar-refractivity contribution < 1.29 is 0 Å². The van der Waals surface area contributed by atoms with Crippen LogP contribution >= 0.6 is 0 Å². The summed E-state index contributed by atoms with van der Waals surface area (Å²) in [6, 6.07) is 15.9. The van der Waals surface area contributed by atoms with Crippen LogP contribution in [0.5, 0.6) is 0 Å². The van der Waals surface area contributed by atoms with Crippen molar-refractivity contribution in [1.29, 1.82) is 0 Å². The van der Waals surface area contributed by atoms with Crippen LogP contribution in [0.3, 0.4) is 0 Å². The molecule has 1 fully saturated rings. The van der Waals surface area contributed by atoms with Gasteiger partial charge in [0.25, 0.3) is 0 Å². The number of fused-ring (bicyclic) bond motifs is 1. The zero-order valence-electron chi connectivity index (χ0n) is 10.8. The second-order valence-corrected chi connectivity index (χ2v) is 5.25. The average Bonchev–Trinajstić information content (AvgIpc) is 3.20. The predicted molar refractivity (Wildman–Crippen MR) is 78.6 cm³/mol. The molecule has 0 radical (unpaired) electrons. The largest absolute Gasteiger partial charge is 0.310 e. The standard InChI is InChI=1S/C17H19N/c1-13(12-18-17-8-9-17)10-14-6-7-15-4-2-3-5-16(15)11-14/h2-7,10-11,17-18H,8-9,12H2,1H3. The molecule has 0 aliphatic heterocycles. The molecule has 2 aromatic rings. The van der Waals surface area contributed by atoms with Crippen molar-refractivity contribution in [3.05, 3.63) is 53.6 Å². The third-order valence-corrected chi connectivity index (χ3v) is 3.43. The van der Waals surface area contributed by atoms with Crippen LogP contribution in [0.25, 0.3) is 16.8 Å². The molecule has 1 saturated carbocycles. The van der Waals surface area contributed by atoms with Crippen LogP contribution in [0.4, 0.5) is 0 Å². The zero-order valence-corrected chi connectivity index (χ0v) is 10.8. The van der Waals surface area contributed by atoms with Gasteiger partial charge in [-0.2, -0.15) is 0 Å². The van der Waals surface area contributed by atoms with E-state index in [4.69, 9.17) is 0 Å². The Hall–Kier alpha value is -1.60. The van der Waals surface area contributed by atoms with Gasteiger partial charge < -0.3 is 5.32 Å². The third-order valence-electron chi connectivity index (χ3n) is 3.43. The molecule has 1 N–H and O–H groups in total. The van der Waals surface area contributed by atoms with Crippen molar-refractivity contribution >= 4 is 16.8 Å². The topological polar surface area (TPSA) is 12.0 Å². The lowest BCUT2D eigenvalue weighted by Gasteiger charge is -2.04. The van der Waals surface area contributed by atoms with E-state index in [2.05, 4.69) is 60.8 Å². The Bertz CT molecular complexity index is 579. The molecule has 0 unspecified atom stereocenters. The number of rotatable bonds is 4. The van der Waals surface area contributed by atoms with Crippen LogP contribution < -0.4 is 5.32 Å². The second kappa shape index (κ2) is 4.95. The maximum Gasteiger partial charge on any atom is 0.0167 e. The second-order valence-electron chi connectivity index (χ2n) is 5.25. The summed E-state index contributed by atoms with van der Waals surface area (Å²) in [6.45, 7) is 3.21. The Kier molecular flexibility index (Phi) is 3.16. The minimum absolute atomic E-state index is 0.782. The smallest absolute Gasteiger partial charge is 0.0167 e. The third kappa shape index (κ3) is 2.80. The summed E-state index contributed by atoms with van der Waals surface area (Å²) in [5, 5.41) is 6.17. The highest BCUT2D eigenvalue weighted by Crippen LogP contribution is 2.20. The van der Waals surface area contributed by atoms with E-state index in [9.17, 15) is 0 Å². The highest BCUT2D eigenvalue weighted by atomic mass is 14.9. The molecule has 0 saturated heterocycles. The molecule has 0 aromatic heterocycles. The SMILES string of the molecule is CC(=Cc1ccc2ccccc2c1)CNC1CC1. The van der Waals surface area contributed by atoms with Crippen molar-refractivity contribution in [3.8, 4) is 0 Å². The average molecular weight is 237 g/mol. The number of benzene rings is 2. The Morgan fingerprint density at radius 3 is 2.72 bits per heavy atom. The van der Waals surface area contributed by atoms with Crippen LogP contribution in [0.2, 0.25) is 0 Å². The van der Waals surface area contributed by atoms with E-state index in [0.29, 0.717) is 0 Å². The van der Waals surface area contributed by atoms with Gasteiger partial charge in [0.05, 0.1) is 0 Å². The first-order chi connectivity index (χ1) is 8.81. The molecule has 3 rings (SSSR count). The zero-order chi connectivity index (χ0) is 12.4. The van der Waals surface area contributed by atoms with E-state index in [1.54, 1.807) is 0 Å². The molecule has 0 bridgehead atoms. The van der Waals surface area contributed by atoms with Gasteiger partial charge in [-0.15, -0.1) is 0 Å². The molecule has 0 atom stereocenters. The Balaban J connectivity index is 1.77. The van der Waals surface area contributed by atoms with Gasteiger partial charge in [-0.3, -0.25) is 0 Å². The number of nitrogens with one attached hydrogen (secondary N) is 1. The Morgan fingerprint density at radius 1 is 1.17 bits per heavy atom. The van der Waals surface area contributed by atoms with Gasteiger partial charge in [-0.1, -0.05) is 48.0 Å². The van der Waals surface area contributed by atoms with Crippen LogP contribution in [0.1, 0.15) is 25.3 Å². The maximum atomic E-state index is 3.55. The summed E-state index contributed by atoms with van der Waals surface area (Å²) in [5.74, 6) is 0. The first-order valence-corrected chi connectivity index (χ1v) is 6.71. The molecule has 18 heavy (non-hydrogen) atoms. The first-order valence-electron chi connectivity index (χ1n) is 6.71. The van der Waals surface area contributed by atoms with E-state index in [1.165, 1.54) is 34.8 Å². The summed E-state index contributed by atoms with van der Waals surface area (Å²) in [6.07, 6.45) is 4.98. The van der Waals surface area contributed by atoms with Crippen LogP contribution in [0.15, 0.2) is 48.0 Å². The Morgan fingerprint density at radius 2 is 1.94 bits per heavy atom. The summed E-state index contributed by atoms with van der Waals surface area (Å²) in [7, 11) is 0. The van der Waals surface area contributed by atoms with Crippen molar-refractivity contribution in [2.75, 3.05) is 6.54 Å². The van der Waals surface area contributed by atoms with Gasteiger partial charge in [0, 0.05) is 12.6 Å². The number of hydrogen-bond acceptors (Lipinski definition) is 1. The molecule has 1 aliphatic carbocycles. The molecule has 0 heterocycles. The molecule has 0 amide bonds. The van der Waals surface area contributed by atoms with Gasteiger partial charge in [0.2, 0.25) is 0 Å². The molecule has 1 nitrogen and oxygen atoms in total. The molecule has 92 valence electrons. The summed E-state index contributed by atoms with van der Waals surface area (Å²) >= 11 is 0. The van der Waals surface area contributed by atoms with E-state index < -0.39 is 0 Å². The summed E-state index contributed by atoms with van der Waals surface area (Å²) < 4.78 is 0. The normalized spacial score (nSPS) is 16.2. The van der Waals surface area contributed by atoms with Gasteiger partial charge in [0.15, 0.2) is 0 Å². The number of hydrogen-bond donors (Lipinski definition) is 1. The molecule has 1 aliphatic rings. The monoisotopic (exact) mass is 237 g/mol. The van der Waals surface area contributed by atoms with Gasteiger partial charge in [-0.05, 0) is 42.2 Å². The quantitative estimate of drug-likeness (QED) is 0.847. The fourth-order valence-corrected chi connectivity index (χ4v) is 2.23. The predicted octanol–water partition coefficient (Wildman–Crippen LogP) is 4.00.